The van der Waals surface area contributed by atoms with Crippen molar-refractivity contribution in [2.75, 3.05) is 13.1 Å². The van der Waals surface area contributed by atoms with Crippen molar-refractivity contribution in [3.05, 3.63) is 102 Å². The summed E-state index contributed by atoms with van der Waals surface area (Å²) in [6, 6.07) is 15.4. The molecule has 0 radical (unpaired) electrons. The van der Waals surface area contributed by atoms with E-state index in [0.29, 0.717) is 36.8 Å². The molecule has 0 spiro atoms. The molecule has 4 aromatic rings. The van der Waals surface area contributed by atoms with Crippen LogP contribution in [0, 0.1) is 12.7 Å². The summed E-state index contributed by atoms with van der Waals surface area (Å²) in [5.41, 5.74) is 2.56. The van der Waals surface area contributed by atoms with E-state index in [1.54, 1.807) is 30.7 Å². The van der Waals surface area contributed by atoms with Gasteiger partial charge in [-0.05, 0) is 61.7 Å². The highest BCUT2D eigenvalue weighted by Crippen LogP contribution is 2.29. The number of rotatable bonds is 6. The van der Waals surface area contributed by atoms with Gasteiger partial charge < -0.3 is 14.2 Å². The molecule has 0 N–H and O–H groups in total. The van der Waals surface area contributed by atoms with Gasteiger partial charge >= 0.3 is 0 Å². The van der Waals surface area contributed by atoms with Crippen LogP contribution < -0.4 is 4.74 Å². The smallest absolute Gasteiger partial charge is 0.253 e. The van der Waals surface area contributed by atoms with Crippen molar-refractivity contribution in [1.82, 2.24) is 24.4 Å². The normalized spacial score (nSPS) is 14.2. The van der Waals surface area contributed by atoms with E-state index in [4.69, 9.17) is 4.74 Å². The molecule has 5 rings (SSSR count). The van der Waals surface area contributed by atoms with Crippen molar-refractivity contribution in [1.29, 1.82) is 0 Å². The van der Waals surface area contributed by atoms with Crippen LogP contribution in [0.5, 0.6) is 11.6 Å². The number of piperidine rings is 1. The highest BCUT2D eigenvalue weighted by molar-refractivity contribution is 5.94. The highest BCUT2D eigenvalue weighted by Gasteiger charge is 2.27. The molecule has 1 fully saturated rings. The molecule has 3 heterocycles. The lowest BCUT2D eigenvalue weighted by Crippen LogP contribution is -2.38. The van der Waals surface area contributed by atoms with Gasteiger partial charge in [0.25, 0.3) is 5.91 Å². The summed E-state index contributed by atoms with van der Waals surface area (Å²) >= 11 is 0. The number of amides is 1. The molecule has 2 aromatic heterocycles. The standard InChI is InChI=1S/C27H26FN5O2/c1-19-15-25(35-24-7-5-23(28)6-8-24)31-26(30-19)21-9-12-33(13-10-21)27(34)22-4-2-3-20(16-22)17-32-14-11-29-18-32/h2-8,11,14-16,18,21H,9-10,12-13,17H2,1H3. The molecule has 8 heteroatoms. The Labute approximate surface area is 203 Å². The van der Waals surface area contributed by atoms with E-state index < -0.39 is 0 Å². The van der Waals surface area contributed by atoms with E-state index in [2.05, 4.69) is 15.0 Å². The SMILES string of the molecule is Cc1cc(Oc2ccc(F)cc2)nc(C2CCN(C(=O)c3cccc(Cn4ccnc4)c3)CC2)n1. The number of halogens is 1. The Morgan fingerprint density at radius 2 is 1.89 bits per heavy atom. The fraction of sp³-hybridized carbons (Fsp3) is 0.259. The van der Waals surface area contributed by atoms with Crippen molar-refractivity contribution in [3.63, 3.8) is 0 Å². The quantitative estimate of drug-likeness (QED) is 0.397. The Bertz CT molecular complexity index is 1300. The second-order valence-corrected chi connectivity index (χ2v) is 8.76. The summed E-state index contributed by atoms with van der Waals surface area (Å²) in [5, 5.41) is 0. The first-order chi connectivity index (χ1) is 17.0. The molecule has 7 nitrogen and oxygen atoms in total. The summed E-state index contributed by atoms with van der Waals surface area (Å²) in [6.07, 6.45) is 6.97. The molecule has 0 saturated carbocycles. The second kappa shape index (κ2) is 10.0. The maximum atomic E-state index is 13.2. The maximum Gasteiger partial charge on any atom is 0.253 e. The average molecular weight is 472 g/mol. The maximum absolute atomic E-state index is 13.2. The number of benzene rings is 2. The molecule has 1 aliphatic rings. The van der Waals surface area contributed by atoms with Crippen molar-refractivity contribution in [2.45, 2.75) is 32.2 Å². The number of likely N-dealkylation sites (tertiary alicyclic amines) is 1. The first kappa shape index (κ1) is 22.7. The zero-order valence-corrected chi connectivity index (χ0v) is 19.5. The lowest BCUT2D eigenvalue weighted by molar-refractivity contribution is 0.0710. The third-order valence-corrected chi connectivity index (χ3v) is 6.13. The van der Waals surface area contributed by atoms with E-state index in [0.717, 1.165) is 29.9 Å². The van der Waals surface area contributed by atoms with Crippen LogP contribution in [0.25, 0.3) is 0 Å². The number of ether oxygens (including phenoxy) is 1. The molecular formula is C27H26FN5O2. The minimum absolute atomic E-state index is 0.0430. The van der Waals surface area contributed by atoms with Crippen molar-refractivity contribution in [2.24, 2.45) is 0 Å². The molecule has 178 valence electrons. The van der Waals surface area contributed by atoms with E-state index in [1.165, 1.54) is 12.1 Å². The predicted molar refractivity (Wildman–Crippen MR) is 129 cm³/mol. The third kappa shape index (κ3) is 5.54. The summed E-state index contributed by atoms with van der Waals surface area (Å²) in [5.74, 6) is 1.54. The van der Waals surface area contributed by atoms with Crippen molar-refractivity contribution < 1.29 is 13.9 Å². The van der Waals surface area contributed by atoms with Crippen LogP contribution in [0.4, 0.5) is 4.39 Å². The van der Waals surface area contributed by atoms with E-state index >= 15 is 0 Å². The van der Waals surface area contributed by atoms with Crippen LogP contribution in [-0.4, -0.2) is 43.4 Å². The Hall–Kier alpha value is -4.07. The zero-order chi connectivity index (χ0) is 24.2. The molecule has 1 amide bonds. The highest BCUT2D eigenvalue weighted by atomic mass is 19.1. The van der Waals surface area contributed by atoms with Gasteiger partial charge in [0, 0.05) is 55.3 Å². The Kier molecular flexibility index (Phi) is 6.52. The first-order valence-electron chi connectivity index (χ1n) is 11.7. The monoisotopic (exact) mass is 471 g/mol. The van der Waals surface area contributed by atoms with Crippen LogP contribution >= 0.6 is 0 Å². The summed E-state index contributed by atoms with van der Waals surface area (Å²) < 4.78 is 21.0. The average Bonchev–Trinajstić information content (AvgIpc) is 3.38. The number of carbonyl (C=O) groups excluding carboxylic acids is 1. The van der Waals surface area contributed by atoms with Gasteiger partial charge in [-0.2, -0.15) is 4.98 Å². The van der Waals surface area contributed by atoms with Crippen LogP contribution in [0.3, 0.4) is 0 Å². The molecule has 1 saturated heterocycles. The van der Waals surface area contributed by atoms with Crippen LogP contribution in [-0.2, 0) is 6.54 Å². The van der Waals surface area contributed by atoms with Crippen LogP contribution in [0.1, 0.15) is 46.2 Å². The lowest BCUT2D eigenvalue weighted by atomic mass is 9.95. The number of aromatic nitrogens is 4. The van der Waals surface area contributed by atoms with Gasteiger partial charge in [0.05, 0.1) is 6.33 Å². The zero-order valence-electron chi connectivity index (χ0n) is 19.5. The molecular weight excluding hydrogens is 445 g/mol. The predicted octanol–water partition coefficient (Wildman–Crippen LogP) is 4.98. The molecule has 1 aliphatic heterocycles. The minimum atomic E-state index is -0.317. The molecule has 0 bridgehead atoms. The summed E-state index contributed by atoms with van der Waals surface area (Å²) in [6.45, 7) is 3.86. The van der Waals surface area contributed by atoms with Crippen LogP contribution in [0.15, 0.2) is 73.3 Å². The molecule has 0 atom stereocenters. The van der Waals surface area contributed by atoms with Crippen molar-refractivity contribution in [3.8, 4) is 11.6 Å². The number of nitrogens with zero attached hydrogens (tertiary/aromatic N) is 5. The van der Waals surface area contributed by atoms with Gasteiger partial charge in [0.15, 0.2) is 0 Å². The Balaban J connectivity index is 1.23. The number of aryl methyl sites for hydroxylation is 1. The second-order valence-electron chi connectivity index (χ2n) is 8.76. The van der Waals surface area contributed by atoms with E-state index in [1.807, 2.05) is 46.9 Å². The topological polar surface area (TPSA) is 73.1 Å². The van der Waals surface area contributed by atoms with Gasteiger partial charge in [-0.15, -0.1) is 0 Å². The Morgan fingerprint density at radius 3 is 2.63 bits per heavy atom. The molecule has 0 aliphatic carbocycles. The van der Waals surface area contributed by atoms with Crippen molar-refractivity contribution >= 4 is 5.91 Å². The molecule has 0 unspecified atom stereocenters. The summed E-state index contributed by atoms with van der Waals surface area (Å²) in [7, 11) is 0. The fourth-order valence-corrected chi connectivity index (χ4v) is 4.34. The largest absolute Gasteiger partial charge is 0.439 e. The van der Waals surface area contributed by atoms with Gasteiger partial charge in [-0.3, -0.25) is 4.79 Å². The van der Waals surface area contributed by atoms with Gasteiger partial charge in [0.2, 0.25) is 5.88 Å². The minimum Gasteiger partial charge on any atom is -0.439 e. The Morgan fingerprint density at radius 1 is 1.09 bits per heavy atom. The van der Waals surface area contributed by atoms with E-state index in [9.17, 15) is 9.18 Å². The van der Waals surface area contributed by atoms with Gasteiger partial charge in [-0.1, -0.05) is 12.1 Å². The number of carbonyl (C=O) groups is 1. The number of imidazole rings is 1. The molecule has 2 aromatic carbocycles. The third-order valence-electron chi connectivity index (χ3n) is 6.13. The molecule has 35 heavy (non-hydrogen) atoms. The van der Waals surface area contributed by atoms with Gasteiger partial charge in [0.1, 0.15) is 17.4 Å². The first-order valence-corrected chi connectivity index (χ1v) is 11.7. The number of hydrogen-bond donors (Lipinski definition) is 0. The summed E-state index contributed by atoms with van der Waals surface area (Å²) in [4.78, 5) is 28.4. The van der Waals surface area contributed by atoms with Gasteiger partial charge in [-0.25, -0.2) is 14.4 Å². The van der Waals surface area contributed by atoms with Crippen LogP contribution in [0.2, 0.25) is 0 Å². The fourth-order valence-electron chi connectivity index (χ4n) is 4.34. The lowest BCUT2D eigenvalue weighted by Gasteiger charge is -2.31. The number of hydrogen-bond acceptors (Lipinski definition) is 5. The van der Waals surface area contributed by atoms with E-state index in [-0.39, 0.29) is 17.6 Å².